The van der Waals surface area contributed by atoms with Crippen LogP contribution in [0.25, 0.3) is 10.9 Å². The Bertz CT molecular complexity index is 606. The van der Waals surface area contributed by atoms with Gasteiger partial charge in [-0.3, -0.25) is 4.79 Å². The standard InChI is InChI=1S/C11H9ClN2O3/c1-6(15)17-10-3-7-8(4-9(10)16-2)13-5-14-11(7)12/h3-5H,1-2H3/i2D. The van der Waals surface area contributed by atoms with Crippen molar-refractivity contribution in [1.82, 2.24) is 9.97 Å². The molecule has 0 atom stereocenters. The number of aromatic nitrogens is 2. The van der Waals surface area contributed by atoms with Crippen LogP contribution in [0.15, 0.2) is 18.5 Å². The van der Waals surface area contributed by atoms with Gasteiger partial charge in [0.2, 0.25) is 0 Å². The van der Waals surface area contributed by atoms with E-state index in [-0.39, 0.29) is 23.7 Å². The molecule has 0 radical (unpaired) electrons. The van der Waals surface area contributed by atoms with Crippen molar-refractivity contribution in [3.63, 3.8) is 0 Å². The van der Waals surface area contributed by atoms with Gasteiger partial charge in [-0.25, -0.2) is 9.97 Å². The molecule has 1 aromatic carbocycles. The monoisotopic (exact) mass is 253 g/mol. The molecule has 0 bridgehead atoms. The van der Waals surface area contributed by atoms with Crippen LogP contribution in [0.5, 0.6) is 11.5 Å². The van der Waals surface area contributed by atoms with Gasteiger partial charge in [0.05, 0.1) is 14.0 Å². The Morgan fingerprint density at radius 2 is 2.24 bits per heavy atom. The van der Waals surface area contributed by atoms with Crippen LogP contribution in [0.2, 0.25) is 5.15 Å². The quantitative estimate of drug-likeness (QED) is 0.467. The highest BCUT2D eigenvalue weighted by molar-refractivity contribution is 6.34. The van der Waals surface area contributed by atoms with E-state index in [4.69, 9.17) is 22.4 Å². The maximum absolute atomic E-state index is 11.0. The molecule has 1 heterocycles. The average Bonchev–Trinajstić information content (AvgIpc) is 2.31. The third kappa shape index (κ3) is 2.29. The van der Waals surface area contributed by atoms with E-state index in [1.807, 2.05) is 0 Å². The predicted molar refractivity (Wildman–Crippen MR) is 62.4 cm³/mol. The zero-order valence-corrected chi connectivity index (χ0v) is 9.69. The van der Waals surface area contributed by atoms with Crippen LogP contribution in [-0.4, -0.2) is 23.0 Å². The molecule has 2 aromatic rings. The largest absolute Gasteiger partial charge is 0.493 e. The van der Waals surface area contributed by atoms with Gasteiger partial charge in [0.1, 0.15) is 11.5 Å². The van der Waals surface area contributed by atoms with E-state index in [1.165, 1.54) is 19.3 Å². The Balaban J connectivity index is 2.60. The number of esters is 1. The SMILES string of the molecule is [2H]COc1cc2ncnc(Cl)c2cc1OC(C)=O. The summed E-state index contributed by atoms with van der Waals surface area (Å²) in [6.07, 6.45) is 1.32. The van der Waals surface area contributed by atoms with E-state index in [2.05, 4.69) is 9.97 Å². The van der Waals surface area contributed by atoms with E-state index in [0.717, 1.165) is 0 Å². The lowest BCUT2D eigenvalue weighted by Crippen LogP contribution is -2.03. The summed E-state index contributed by atoms with van der Waals surface area (Å²) in [5.74, 6) is -0.0291. The average molecular weight is 254 g/mol. The number of carbonyl (C=O) groups excluding carboxylic acids is 1. The van der Waals surface area contributed by atoms with Gasteiger partial charge in [-0.05, 0) is 6.07 Å². The van der Waals surface area contributed by atoms with Crippen molar-refractivity contribution in [1.29, 1.82) is 0 Å². The summed E-state index contributed by atoms with van der Waals surface area (Å²) in [6.45, 7) is 1.28. The molecule has 0 saturated carbocycles. The van der Waals surface area contributed by atoms with Gasteiger partial charge in [0, 0.05) is 18.4 Å². The fourth-order valence-electron chi connectivity index (χ4n) is 1.38. The molecule has 17 heavy (non-hydrogen) atoms. The summed E-state index contributed by atoms with van der Waals surface area (Å²) in [7, 11) is -0.293. The zero-order chi connectivity index (χ0) is 13.1. The van der Waals surface area contributed by atoms with Crippen LogP contribution >= 0.6 is 11.6 Å². The van der Waals surface area contributed by atoms with Gasteiger partial charge in [-0.15, -0.1) is 0 Å². The van der Waals surface area contributed by atoms with Crippen molar-refractivity contribution in [2.45, 2.75) is 6.92 Å². The van der Waals surface area contributed by atoms with Crippen molar-refractivity contribution in [3.8, 4) is 11.5 Å². The smallest absolute Gasteiger partial charge is 0.308 e. The normalized spacial score (nSPS) is 11.1. The van der Waals surface area contributed by atoms with Crippen LogP contribution in [-0.2, 0) is 4.79 Å². The number of hydrogen-bond donors (Lipinski definition) is 0. The number of halogens is 1. The second kappa shape index (κ2) is 4.55. The van der Waals surface area contributed by atoms with Crippen molar-refractivity contribution in [2.75, 3.05) is 7.09 Å². The van der Waals surface area contributed by atoms with Gasteiger partial charge in [-0.2, -0.15) is 0 Å². The fraction of sp³-hybridized carbons (Fsp3) is 0.182. The van der Waals surface area contributed by atoms with Gasteiger partial charge < -0.3 is 9.47 Å². The van der Waals surface area contributed by atoms with Crippen molar-refractivity contribution in [2.24, 2.45) is 0 Å². The summed E-state index contributed by atoms with van der Waals surface area (Å²) in [4.78, 5) is 18.9. The third-order valence-corrected chi connectivity index (χ3v) is 2.36. The molecule has 1 aromatic heterocycles. The fourth-order valence-corrected chi connectivity index (χ4v) is 1.57. The molecule has 2 rings (SSSR count). The van der Waals surface area contributed by atoms with Crippen molar-refractivity contribution >= 4 is 28.5 Å². The highest BCUT2D eigenvalue weighted by Gasteiger charge is 2.11. The molecule has 0 N–H and O–H groups in total. The first-order valence-corrected chi connectivity index (χ1v) is 5.04. The maximum Gasteiger partial charge on any atom is 0.308 e. The number of fused-ring (bicyclic) bond motifs is 1. The molecule has 0 saturated heterocycles. The van der Waals surface area contributed by atoms with E-state index in [9.17, 15) is 4.79 Å². The van der Waals surface area contributed by atoms with E-state index < -0.39 is 5.97 Å². The minimum absolute atomic E-state index is 0.193. The van der Waals surface area contributed by atoms with Crippen LogP contribution < -0.4 is 9.47 Å². The lowest BCUT2D eigenvalue weighted by molar-refractivity contribution is -0.131. The molecular weight excluding hydrogens is 244 g/mol. The lowest BCUT2D eigenvalue weighted by Gasteiger charge is -2.09. The Hall–Kier alpha value is -1.88. The Labute approximate surface area is 104 Å². The van der Waals surface area contributed by atoms with Gasteiger partial charge >= 0.3 is 5.97 Å². The first kappa shape index (κ1) is 10.3. The zero-order valence-electron chi connectivity index (χ0n) is 9.94. The van der Waals surface area contributed by atoms with E-state index in [0.29, 0.717) is 10.9 Å². The summed E-state index contributed by atoms with van der Waals surface area (Å²) >= 11 is 5.93. The Kier molecular flexibility index (Phi) is 2.75. The highest BCUT2D eigenvalue weighted by Crippen LogP contribution is 2.33. The van der Waals surface area contributed by atoms with Crippen LogP contribution in [0.1, 0.15) is 8.29 Å². The highest BCUT2D eigenvalue weighted by atomic mass is 35.5. The summed E-state index contributed by atoms with van der Waals surface area (Å²) in [5, 5.41) is 0.804. The molecule has 0 amide bonds. The van der Waals surface area contributed by atoms with E-state index >= 15 is 0 Å². The van der Waals surface area contributed by atoms with Gasteiger partial charge in [0.25, 0.3) is 0 Å². The number of nitrogens with zero attached hydrogens (tertiary/aromatic N) is 2. The third-order valence-electron chi connectivity index (χ3n) is 2.06. The molecule has 6 heteroatoms. The molecule has 0 fully saturated rings. The van der Waals surface area contributed by atoms with Gasteiger partial charge in [0.15, 0.2) is 11.5 Å². The van der Waals surface area contributed by atoms with E-state index in [1.54, 1.807) is 6.07 Å². The van der Waals surface area contributed by atoms with Crippen molar-refractivity contribution < 1.29 is 15.6 Å². The van der Waals surface area contributed by atoms with Crippen LogP contribution in [0.4, 0.5) is 0 Å². The summed E-state index contributed by atoms with van der Waals surface area (Å²) in [5.41, 5.74) is 0.550. The molecule has 0 aliphatic rings. The molecule has 0 aliphatic heterocycles. The molecule has 88 valence electrons. The Morgan fingerprint density at radius 1 is 1.41 bits per heavy atom. The molecule has 5 nitrogen and oxygen atoms in total. The number of hydrogen-bond acceptors (Lipinski definition) is 5. The molecular formula is C11H9ClN2O3. The topological polar surface area (TPSA) is 61.3 Å². The minimum atomic E-state index is -0.489. The second-order valence-corrected chi connectivity index (χ2v) is 3.58. The minimum Gasteiger partial charge on any atom is -0.493 e. The van der Waals surface area contributed by atoms with Gasteiger partial charge in [-0.1, -0.05) is 11.6 Å². The first-order valence-electron chi connectivity index (χ1n) is 5.37. The summed E-state index contributed by atoms with van der Waals surface area (Å²) in [6, 6.07) is 3.07. The lowest BCUT2D eigenvalue weighted by atomic mass is 10.2. The molecule has 0 aliphatic carbocycles. The number of carbonyl (C=O) groups is 1. The van der Waals surface area contributed by atoms with Crippen LogP contribution in [0.3, 0.4) is 0 Å². The number of methoxy groups -OCH3 is 1. The Morgan fingerprint density at radius 3 is 2.94 bits per heavy atom. The number of ether oxygens (including phenoxy) is 2. The summed E-state index contributed by atoms with van der Waals surface area (Å²) < 4.78 is 17.1. The number of benzene rings is 1. The molecule has 0 unspecified atom stereocenters. The molecule has 0 spiro atoms. The second-order valence-electron chi connectivity index (χ2n) is 3.22. The van der Waals surface area contributed by atoms with Crippen LogP contribution in [0, 0.1) is 0 Å². The first-order chi connectivity index (χ1) is 8.61. The number of rotatable bonds is 2. The van der Waals surface area contributed by atoms with Crippen molar-refractivity contribution in [3.05, 3.63) is 23.6 Å². The predicted octanol–water partition coefficient (Wildman–Crippen LogP) is 2.22. The maximum atomic E-state index is 11.0.